The molecule has 0 spiro atoms. The van der Waals surface area contributed by atoms with Crippen LogP contribution in [0.2, 0.25) is 0 Å². The summed E-state index contributed by atoms with van der Waals surface area (Å²) in [6.45, 7) is -0.131. The average molecular weight is 288 g/mol. The maximum Gasteiger partial charge on any atom is 0.328 e. The molecule has 0 radical (unpaired) electrons. The number of morpholine rings is 1. The van der Waals surface area contributed by atoms with Gasteiger partial charge in [0.25, 0.3) is 5.69 Å². The molecule has 1 aliphatic heterocycles. The van der Waals surface area contributed by atoms with Crippen LogP contribution in [-0.4, -0.2) is 41.8 Å². The number of nitro benzene ring substituents is 1. The number of hydrogen-bond acceptors (Lipinski definition) is 5. The first kappa shape index (κ1) is 14.1. The van der Waals surface area contributed by atoms with Gasteiger partial charge in [-0.15, -0.1) is 0 Å². The average Bonchev–Trinajstić information content (AvgIpc) is 2.38. The Morgan fingerprint density at radius 1 is 1.45 bits per heavy atom. The van der Waals surface area contributed by atoms with Crippen LogP contribution in [0.4, 0.5) is 20.2 Å². The van der Waals surface area contributed by atoms with Crippen LogP contribution in [0, 0.1) is 21.7 Å². The fraction of sp³-hybridized carbons (Fsp3) is 0.364. The molecule has 9 heteroatoms. The van der Waals surface area contributed by atoms with Crippen LogP contribution in [0.25, 0.3) is 0 Å². The fourth-order valence-electron chi connectivity index (χ4n) is 2.01. The van der Waals surface area contributed by atoms with Crippen molar-refractivity contribution in [1.82, 2.24) is 0 Å². The second-order valence-electron chi connectivity index (χ2n) is 4.14. The Kier molecular flexibility index (Phi) is 3.79. The summed E-state index contributed by atoms with van der Waals surface area (Å²) >= 11 is 0. The van der Waals surface area contributed by atoms with Gasteiger partial charge in [0.15, 0.2) is 17.7 Å². The lowest BCUT2D eigenvalue weighted by molar-refractivity contribution is -0.385. The molecule has 1 aliphatic rings. The number of nitrogens with zero attached hydrogens (tertiary/aromatic N) is 2. The van der Waals surface area contributed by atoms with E-state index in [9.17, 15) is 23.7 Å². The molecule has 0 amide bonds. The molecule has 0 aromatic heterocycles. The molecule has 0 aliphatic carbocycles. The van der Waals surface area contributed by atoms with Crippen LogP contribution in [0.5, 0.6) is 0 Å². The van der Waals surface area contributed by atoms with Crippen molar-refractivity contribution < 1.29 is 28.3 Å². The molecule has 0 saturated carbocycles. The molecule has 108 valence electrons. The summed E-state index contributed by atoms with van der Waals surface area (Å²) in [7, 11) is 0. The normalized spacial score (nSPS) is 18.9. The van der Waals surface area contributed by atoms with Crippen molar-refractivity contribution in [2.45, 2.75) is 6.04 Å². The standard InChI is InChI=1S/C11H10F2N2O5/c12-7-3-6(15(18)19)4-8(13)10(7)14-1-2-20-5-9(14)11(16)17/h3-4,9H,1-2,5H2,(H,16,17). The number of ether oxygens (including phenoxy) is 1. The predicted octanol–water partition coefficient (Wildman–Crippen LogP) is 1.16. The van der Waals surface area contributed by atoms with E-state index in [-0.39, 0.29) is 19.8 Å². The number of carboxylic acids is 1. The second-order valence-corrected chi connectivity index (χ2v) is 4.14. The number of aliphatic carboxylic acids is 1. The van der Waals surface area contributed by atoms with Crippen molar-refractivity contribution in [3.8, 4) is 0 Å². The molecule has 1 saturated heterocycles. The van der Waals surface area contributed by atoms with Gasteiger partial charge in [-0.2, -0.15) is 0 Å². The van der Waals surface area contributed by atoms with E-state index in [0.717, 1.165) is 4.90 Å². The van der Waals surface area contributed by atoms with Crippen molar-refractivity contribution in [3.63, 3.8) is 0 Å². The summed E-state index contributed by atoms with van der Waals surface area (Å²) in [5, 5.41) is 19.5. The maximum absolute atomic E-state index is 13.9. The van der Waals surface area contributed by atoms with E-state index in [1.165, 1.54) is 0 Å². The first-order valence-corrected chi connectivity index (χ1v) is 5.62. The van der Waals surface area contributed by atoms with Gasteiger partial charge in [-0.25, -0.2) is 13.6 Å². The highest BCUT2D eigenvalue weighted by molar-refractivity contribution is 5.79. The summed E-state index contributed by atoms with van der Waals surface area (Å²) < 4.78 is 32.7. The Labute approximate surface area is 111 Å². The number of carboxylic acid groups (broad SMARTS) is 1. The molecule has 1 atom stereocenters. The molecule has 1 N–H and O–H groups in total. The van der Waals surface area contributed by atoms with Gasteiger partial charge in [0.2, 0.25) is 0 Å². The van der Waals surface area contributed by atoms with Crippen LogP contribution >= 0.6 is 0 Å². The number of hydrogen-bond donors (Lipinski definition) is 1. The van der Waals surface area contributed by atoms with E-state index in [1.807, 2.05) is 0 Å². The zero-order chi connectivity index (χ0) is 14.9. The molecule has 1 fully saturated rings. The monoisotopic (exact) mass is 288 g/mol. The highest BCUT2D eigenvalue weighted by Crippen LogP contribution is 2.30. The largest absolute Gasteiger partial charge is 0.480 e. The van der Waals surface area contributed by atoms with E-state index in [4.69, 9.17) is 9.84 Å². The van der Waals surface area contributed by atoms with Gasteiger partial charge in [-0.05, 0) is 0 Å². The van der Waals surface area contributed by atoms with Gasteiger partial charge in [-0.3, -0.25) is 10.1 Å². The number of benzene rings is 1. The van der Waals surface area contributed by atoms with Crippen molar-refractivity contribution >= 4 is 17.3 Å². The van der Waals surface area contributed by atoms with Crippen molar-refractivity contribution in [3.05, 3.63) is 33.9 Å². The Hall–Kier alpha value is -2.29. The highest BCUT2D eigenvalue weighted by atomic mass is 19.1. The molecule has 1 aromatic rings. The Balaban J connectivity index is 2.45. The summed E-state index contributed by atoms with van der Waals surface area (Å²) in [5.41, 5.74) is -1.32. The third-order valence-electron chi connectivity index (χ3n) is 2.91. The van der Waals surface area contributed by atoms with E-state index in [2.05, 4.69) is 0 Å². The number of carbonyl (C=O) groups is 1. The molecule has 1 heterocycles. The van der Waals surface area contributed by atoms with Crippen LogP contribution in [0.1, 0.15) is 0 Å². The van der Waals surface area contributed by atoms with Crippen molar-refractivity contribution in [2.75, 3.05) is 24.7 Å². The van der Waals surface area contributed by atoms with E-state index in [1.54, 1.807) is 0 Å². The summed E-state index contributed by atoms with van der Waals surface area (Å²) in [4.78, 5) is 21.6. The third-order valence-corrected chi connectivity index (χ3v) is 2.91. The van der Waals surface area contributed by atoms with Gasteiger partial charge in [0, 0.05) is 6.54 Å². The molecule has 1 unspecified atom stereocenters. The first-order valence-electron chi connectivity index (χ1n) is 5.62. The fourth-order valence-corrected chi connectivity index (χ4v) is 2.01. The molecular weight excluding hydrogens is 278 g/mol. The zero-order valence-electron chi connectivity index (χ0n) is 10.1. The van der Waals surface area contributed by atoms with E-state index < -0.39 is 39.9 Å². The summed E-state index contributed by atoms with van der Waals surface area (Å²) in [6.07, 6.45) is 0. The van der Waals surface area contributed by atoms with E-state index in [0.29, 0.717) is 12.1 Å². The maximum atomic E-state index is 13.9. The number of nitro groups is 1. The van der Waals surface area contributed by atoms with Gasteiger partial charge >= 0.3 is 5.97 Å². The lowest BCUT2D eigenvalue weighted by Gasteiger charge is -2.34. The SMILES string of the molecule is O=C(O)C1COCCN1c1c(F)cc([N+](=O)[O-])cc1F. The van der Waals surface area contributed by atoms with Gasteiger partial charge in [0.05, 0.1) is 30.3 Å². The second kappa shape index (κ2) is 5.37. The van der Waals surface area contributed by atoms with Crippen LogP contribution in [-0.2, 0) is 9.53 Å². The number of halogens is 2. The van der Waals surface area contributed by atoms with Gasteiger partial charge in [-0.1, -0.05) is 0 Å². The van der Waals surface area contributed by atoms with E-state index >= 15 is 0 Å². The van der Waals surface area contributed by atoms with Gasteiger partial charge < -0.3 is 14.7 Å². The lowest BCUT2D eigenvalue weighted by atomic mass is 10.1. The summed E-state index contributed by atoms with van der Waals surface area (Å²) in [5.74, 6) is -3.64. The quantitative estimate of drug-likeness (QED) is 0.662. The van der Waals surface area contributed by atoms with Crippen molar-refractivity contribution in [1.29, 1.82) is 0 Å². The van der Waals surface area contributed by atoms with Gasteiger partial charge in [0.1, 0.15) is 5.69 Å². The summed E-state index contributed by atoms with van der Waals surface area (Å²) in [6, 6.07) is -0.117. The molecule has 1 aromatic carbocycles. The minimum Gasteiger partial charge on any atom is -0.480 e. The zero-order valence-corrected chi connectivity index (χ0v) is 10.1. The topological polar surface area (TPSA) is 92.9 Å². The van der Waals surface area contributed by atoms with Crippen LogP contribution in [0.15, 0.2) is 12.1 Å². The van der Waals surface area contributed by atoms with Crippen molar-refractivity contribution in [2.24, 2.45) is 0 Å². The number of rotatable bonds is 3. The molecule has 2 rings (SSSR count). The third kappa shape index (κ3) is 2.52. The lowest BCUT2D eigenvalue weighted by Crippen LogP contribution is -2.50. The number of anilines is 1. The Morgan fingerprint density at radius 2 is 2.05 bits per heavy atom. The predicted molar refractivity (Wildman–Crippen MR) is 62.6 cm³/mol. The van der Waals surface area contributed by atoms with Crippen LogP contribution in [0.3, 0.4) is 0 Å². The minimum atomic E-state index is -1.29. The molecular formula is C11H10F2N2O5. The Morgan fingerprint density at radius 3 is 2.55 bits per heavy atom. The number of non-ortho nitro benzene ring substituents is 1. The Bertz CT molecular complexity index is 543. The smallest absolute Gasteiger partial charge is 0.328 e. The molecule has 0 bridgehead atoms. The van der Waals surface area contributed by atoms with Crippen LogP contribution < -0.4 is 4.90 Å². The minimum absolute atomic E-state index is 0.0252. The molecule has 7 nitrogen and oxygen atoms in total. The molecule has 20 heavy (non-hydrogen) atoms. The highest BCUT2D eigenvalue weighted by Gasteiger charge is 2.33. The first-order chi connectivity index (χ1) is 9.41.